The topological polar surface area (TPSA) is 98.8 Å². The molecule has 2 saturated heterocycles. The average molecular weight is 459 g/mol. The molecule has 3 aliphatic rings. The molecule has 0 spiro atoms. The first kappa shape index (κ1) is 23.2. The highest BCUT2D eigenvalue weighted by Gasteiger charge is 2.40. The summed E-state index contributed by atoms with van der Waals surface area (Å²) in [5.74, 6) is -1.73. The average Bonchev–Trinajstić information content (AvgIpc) is 2.84. The maximum atomic E-state index is 13.7. The van der Waals surface area contributed by atoms with Gasteiger partial charge >= 0.3 is 0 Å². The van der Waals surface area contributed by atoms with Crippen LogP contribution in [-0.4, -0.2) is 71.7 Å². The molecule has 1 aromatic carbocycles. The van der Waals surface area contributed by atoms with Gasteiger partial charge in [0, 0.05) is 31.1 Å². The van der Waals surface area contributed by atoms with Crippen LogP contribution in [-0.2, 0) is 14.4 Å². The van der Waals surface area contributed by atoms with Gasteiger partial charge in [0.15, 0.2) is 0 Å². The van der Waals surface area contributed by atoms with Gasteiger partial charge in [-0.15, -0.1) is 0 Å². The van der Waals surface area contributed by atoms with Crippen LogP contribution < -0.4 is 10.6 Å². The number of rotatable bonds is 4. The van der Waals surface area contributed by atoms with Crippen molar-refractivity contribution in [2.75, 3.05) is 26.2 Å². The number of piperidine rings is 1. The van der Waals surface area contributed by atoms with Gasteiger partial charge in [-0.25, -0.2) is 4.39 Å². The Morgan fingerprint density at radius 3 is 2.55 bits per heavy atom. The Morgan fingerprint density at radius 1 is 1.03 bits per heavy atom. The number of halogens is 1. The van der Waals surface area contributed by atoms with Crippen molar-refractivity contribution in [2.24, 2.45) is 5.92 Å². The second kappa shape index (κ2) is 10.3. The maximum absolute atomic E-state index is 13.7. The van der Waals surface area contributed by atoms with Gasteiger partial charge in [-0.1, -0.05) is 25.3 Å². The predicted octanol–water partition coefficient (Wildman–Crippen LogP) is 1.45. The summed E-state index contributed by atoms with van der Waals surface area (Å²) in [5.41, 5.74) is 0.148. The van der Waals surface area contributed by atoms with Gasteiger partial charge in [-0.2, -0.15) is 0 Å². The van der Waals surface area contributed by atoms with E-state index < -0.39 is 29.7 Å². The lowest BCUT2D eigenvalue weighted by atomic mass is 9.88. The SMILES string of the molecule is O=C1NCCC[C@@H]1NC(=O)[C@@H]1CN(C(=O)C2CCCCC2)CCN1C(=O)c1cccc(F)c1. The molecular formula is C24H31FN4O4. The predicted molar refractivity (Wildman–Crippen MR) is 119 cm³/mol. The second-order valence-electron chi connectivity index (χ2n) is 9.14. The molecule has 2 atom stereocenters. The summed E-state index contributed by atoms with van der Waals surface area (Å²) in [6, 6.07) is 3.74. The summed E-state index contributed by atoms with van der Waals surface area (Å²) < 4.78 is 13.7. The van der Waals surface area contributed by atoms with Crippen molar-refractivity contribution in [3.8, 4) is 0 Å². The Morgan fingerprint density at radius 2 is 1.82 bits per heavy atom. The molecule has 9 heteroatoms. The quantitative estimate of drug-likeness (QED) is 0.714. The first-order valence-corrected chi connectivity index (χ1v) is 11.9. The highest BCUT2D eigenvalue weighted by molar-refractivity contribution is 5.99. The number of hydrogen-bond donors (Lipinski definition) is 2. The number of benzene rings is 1. The molecule has 1 saturated carbocycles. The molecule has 3 fully saturated rings. The molecule has 0 bridgehead atoms. The van der Waals surface area contributed by atoms with Crippen LogP contribution >= 0.6 is 0 Å². The first-order chi connectivity index (χ1) is 15.9. The van der Waals surface area contributed by atoms with Crippen molar-refractivity contribution in [3.05, 3.63) is 35.6 Å². The standard InChI is InChI=1S/C24H31FN4O4/c25-18-9-4-8-17(14-18)24(33)29-13-12-28(23(32)16-6-2-1-3-7-16)15-20(29)22(31)27-19-10-5-11-26-21(19)30/h4,8-9,14,16,19-20H,1-3,5-7,10-13,15H2,(H,26,30)(H,27,31)/t19-,20-/m0/s1. The lowest BCUT2D eigenvalue weighted by Crippen LogP contribution is -2.64. The zero-order valence-corrected chi connectivity index (χ0v) is 18.7. The minimum Gasteiger partial charge on any atom is -0.354 e. The summed E-state index contributed by atoms with van der Waals surface area (Å²) in [6.45, 7) is 1.13. The third-order valence-electron chi connectivity index (χ3n) is 6.88. The van der Waals surface area contributed by atoms with Crippen LogP contribution in [0.1, 0.15) is 55.3 Å². The minimum absolute atomic E-state index is 0.0285. The van der Waals surface area contributed by atoms with Gasteiger partial charge in [0.25, 0.3) is 5.91 Å². The molecule has 8 nitrogen and oxygen atoms in total. The van der Waals surface area contributed by atoms with Crippen LogP contribution in [0.25, 0.3) is 0 Å². The van der Waals surface area contributed by atoms with E-state index in [4.69, 9.17) is 0 Å². The van der Waals surface area contributed by atoms with Gasteiger partial charge in [-0.05, 0) is 43.9 Å². The van der Waals surface area contributed by atoms with Gasteiger partial charge in [0.1, 0.15) is 17.9 Å². The molecule has 4 rings (SSSR count). The lowest BCUT2D eigenvalue weighted by Gasteiger charge is -2.42. The zero-order valence-electron chi connectivity index (χ0n) is 18.7. The zero-order chi connectivity index (χ0) is 23.4. The fourth-order valence-corrected chi connectivity index (χ4v) is 5.02. The molecule has 1 aliphatic carbocycles. The van der Waals surface area contributed by atoms with E-state index in [0.717, 1.165) is 44.6 Å². The Balaban J connectivity index is 1.53. The van der Waals surface area contributed by atoms with Crippen LogP contribution in [0.15, 0.2) is 24.3 Å². The van der Waals surface area contributed by atoms with E-state index >= 15 is 0 Å². The van der Waals surface area contributed by atoms with E-state index in [1.807, 2.05) is 0 Å². The van der Waals surface area contributed by atoms with E-state index in [0.29, 0.717) is 19.5 Å². The van der Waals surface area contributed by atoms with E-state index in [-0.39, 0.29) is 36.4 Å². The van der Waals surface area contributed by atoms with Crippen molar-refractivity contribution >= 4 is 23.6 Å². The molecule has 2 N–H and O–H groups in total. The highest BCUT2D eigenvalue weighted by atomic mass is 19.1. The fourth-order valence-electron chi connectivity index (χ4n) is 5.02. The minimum atomic E-state index is -0.947. The number of piperazine rings is 1. The molecule has 2 heterocycles. The Hall–Kier alpha value is -2.97. The Labute approximate surface area is 192 Å². The van der Waals surface area contributed by atoms with Gasteiger partial charge in [0.05, 0.1) is 6.54 Å². The summed E-state index contributed by atoms with van der Waals surface area (Å²) in [4.78, 5) is 54.8. The molecule has 1 aromatic rings. The number of nitrogens with one attached hydrogen (secondary N) is 2. The third kappa shape index (κ3) is 5.34. The number of nitrogens with zero attached hydrogens (tertiary/aromatic N) is 2. The Bertz CT molecular complexity index is 917. The molecular weight excluding hydrogens is 427 g/mol. The molecule has 178 valence electrons. The smallest absolute Gasteiger partial charge is 0.254 e. The van der Waals surface area contributed by atoms with E-state index in [2.05, 4.69) is 10.6 Å². The van der Waals surface area contributed by atoms with Crippen LogP contribution in [0.4, 0.5) is 4.39 Å². The van der Waals surface area contributed by atoms with Crippen molar-refractivity contribution < 1.29 is 23.6 Å². The largest absolute Gasteiger partial charge is 0.354 e. The van der Waals surface area contributed by atoms with Crippen molar-refractivity contribution in [3.63, 3.8) is 0 Å². The van der Waals surface area contributed by atoms with Crippen molar-refractivity contribution in [1.82, 2.24) is 20.4 Å². The van der Waals surface area contributed by atoms with Gasteiger partial charge in [-0.3, -0.25) is 19.2 Å². The molecule has 0 unspecified atom stereocenters. The van der Waals surface area contributed by atoms with Crippen LogP contribution in [0, 0.1) is 11.7 Å². The number of carbonyl (C=O) groups excluding carboxylic acids is 4. The summed E-state index contributed by atoms with van der Waals surface area (Å²) in [6.07, 6.45) is 6.14. The Kier molecular flexibility index (Phi) is 7.25. The van der Waals surface area contributed by atoms with Crippen LogP contribution in [0.3, 0.4) is 0 Å². The van der Waals surface area contributed by atoms with E-state index in [1.165, 1.54) is 23.1 Å². The van der Waals surface area contributed by atoms with Crippen molar-refractivity contribution in [1.29, 1.82) is 0 Å². The molecule has 0 radical (unpaired) electrons. The molecule has 2 aliphatic heterocycles. The number of amides is 4. The molecule has 4 amide bonds. The van der Waals surface area contributed by atoms with Crippen molar-refractivity contribution in [2.45, 2.75) is 57.0 Å². The fraction of sp³-hybridized carbons (Fsp3) is 0.583. The van der Waals surface area contributed by atoms with E-state index in [1.54, 1.807) is 4.90 Å². The summed E-state index contributed by atoms with van der Waals surface area (Å²) in [5, 5.41) is 5.50. The second-order valence-corrected chi connectivity index (χ2v) is 9.14. The monoisotopic (exact) mass is 458 g/mol. The number of carbonyl (C=O) groups is 4. The normalized spacial score (nSPS) is 24.2. The summed E-state index contributed by atoms with van der Waals surface area (Å²) in [7, 11) is 0. The third-order valence-corrected chi connectivity index (χ3v) is 6.88. The maximum Gasteiger partial charge on any atom is 0.254 e. The van der Waals surface area contributed by atoms with Gasteiger partial charge in [0.2, 0.25) is 17.7 Å². The van der Waals surface area contributed by atoms with Crippen LogP contribution in [0.5, 0.6) is 0 Å². The number of hydrogen-bond acceptors (Lipinski definition) is 4. The first-order valence-electron chi connectivity index (χ1n) is 11.9. The van der Waals surface area contributed by atoms with E-state index in [9.17, 15) is 23.6 Å². The van der Waals surface area contributed by atoms with Gasteiger partial charge < -0.3 is 20.4 Å². The molecule has 0 aromatic heterocycles. The molecule has 33 heavy (non-hydrogen) atoms. The highest BCUT2D eigenvalue weighted by Crippen LogP contribution is 2.27. The lowest BCUT2D eigenvalue weighted by molar-refractivity contribution is -0.142. The van der Waals surface area contributed by atoms with Crippen LogP contribution in [0.2, 0.25) is 0 Å². The summed E-state index contributed by atoms with van der Waals surface area (Å²) >= 11 is 0.